The molecule has 0 radical (unpaired) electrons. The van der Waals surface area contributed by atoms with Gasteiger partial charge in [-0.2, -0.15) is 23.7 Å². The zero-order valence-corrected chi connectivity index (χ0v) is 15.2. The third-order valence-corrected chi connectivity index (χ3v) is 3.97. The summed E-state index contributed by atoms with van der Waals surface area (Å²) in [4.78, 5) is 0. The van der Waals surface area contributed by atoms with E-state index >= 15 is 0 Å². The molecule has 2 aromatic carbocycles. The van der Waals surface area contributed by atoms with Crippen molar-refractivity contribution in [3.8, 4) is 17.9 Å². The second-order valence-electron chi connectivity index (χ2n) is 5.89. The SMILES string of the molecule is C=C(Nc1ccc(C#N)c(C(F)(F)F)c1)[C@@](O)(COc1ccc(C#N)cc1)OC. The molecule has 0 aliphatic carbocycles. The van der Waals surface area contributed by atoms with Crippen LogP contribution in [0.3, 0.4) is 0 Å². The molecule has 0 saturated carbocycles. The fourth-order valence-electron chi connectivity index (χ4n) is 2.30. The lowest BCUT2D eigenvalue weighted by molar-refractivity contribution is -0.173. The largest absolute Gasteiger partial charge is 0.488 e. The number of methoxy groups -OCH3 is 1. The van der Waals surface area contributed by atoms with Gasteiger partial charge in [-0.3, -0.25) is 0 Å². The molecule has 0 bridgehead atoms. The lowest BCUT2D eigenvalue weighted by atomic mass is 10.1. The van der Waals surface area contributed by atoms with Crippen molar-refractivity contribution in [2.75, 3.05) is 19.0 Å². The highest BCUT2D eigenvalue weighted by atomic mass is 19.4. The first-order chi connectivity index (χ1) is 13.6. The average molecular weight is 403 g/mol. The van der Waals surface area contributed by atoms with Crippen molar-refractivity contribution in [2.24, 2.45) is 0 Å². The van der Waals surface area contributed by atoms with Crippen molar-refractivity contribution in [1.82, 2.24) is 0 Å². The molecule has 0 fully saturated rings. The van der Waals surface area contributed by atoms with Crippen LogP contribution in [0.25, 0.3) is 0 Å². The second kappa shape index (κ2) is 8.65. The molecule has 9 heteroatoms. The predicted octanol–water partition coefficient (Wildman–Crippen LogP) is 3.79. The summed E-state index contributed by atoms with van der Waals surface area (Å²) in [5.41, 5.74) is -1.44. The van der Waals surface area contributed by atoms with Crippen molar-refractivity contribution < 1.29 is 27.8 Å². The third kappa shape index (κ3) is 5.26. The van der Waals surface area contributed by atoms with E-state index in [4.69, 9.17) is 20.0 Å². The summed E-state index contributed by atoms with van der Waals surface area (Å²) in [6.45, 7) is 3.18. The van der Waals surface area contributed by atoms with E-state index < -0.39 is 29.7 Å². The van der Waals surface area contributed by atoms with Gasteiger partial charge in [0.1, 0.15) is 12.4 Å². The zero-order valence-electron chi connectivity index (χ0n) is 15.2. The normalized spacial score (nSPS) is 12.9. The van der Waals surface area contributed by atoms with Gasteiger partial charge >= 0.3 is 6.18 Å². The van der Waals surface area contributed by atoms with Crippen molar-refractivity contribution in [1.29, 1.82) is 10.5 Å². The predicted molar refractivity (Wildman–Crippen MR) is 97.5 cm³/mol. The van der Waals surface area contributed by atoms with Gasteiger partial charge in [-0.05, 0) is 42.5 Å². The maximum atomic E-state index is 13.1. The molecule has 0 spiro atoms. The Hall–Kier alpha value is -3.53. The van der Waals surface area contributed by atoms with Gasteiger partial charge in [0.05, 0.1) is 34.5 Å². The molecule has 2 rings (SSSR count). The molecular formula is C20H16F3N3O3. The third-order valence-electron chi connectivity index (χ3n) is 3.97. The Balaban J connectivity index is 2.16. The summed E-state index contributed by atoms with van der Waals surface area (Å²) in [5, 5.41) is 30.8. The van der Waals surface area contributed by atoms with Gasteiger partial charge in [-0.1, -0.05) is 6.58 Å². The summed E-state index contributed by atoms with van der Waals surface area (Å²) >= 11 is 0. The van der Waals surface area contributed by atoms with Crippen LogP contribution in [0.15, 0.2) is 54.7 Å². The molecule has 1 atom stereocenters. The maximum Gasteiger partial charge on any atom is 0.417 e. The van der Waals surface area contributed by atoms with E-state index in [2.05, 4.69) is 11.9 Å². The van der Waals surface area contributed by atoms with E-state index in [0.717, 1.165) is 12.1 Å². The Bertz CT molecular complexity index is 976. The lowest BCUT2D eigenvalue weighted by Gasteiger charge is -2.29. The van der Waals surface area contributed by atoms with Crippen LogP contribution in [0.1, 0.15) is 16.7 Å². The highest BCUT2D eigenvalue weighted by molar-refractivity contribution is 5.56. The number of nitrogens with one attached hydrogen (secondary N) is 1. The number of nitriles is 2. The first-order valence-electron chi connectivity index (χ1n) is 8.11. The first kappa shape index (κ1) is 21.8. The average Bonchev–Trinajstić information content (AvgIpc) is 2.71. The van der Waals surface area contributed by atoms with E-state index in [1.165, 1.54) is 43.5 Å². The molecule has 150 valence electrons. The van der Waals surface area contributed by atoms with Crippen LogP contribution in [-0.4, -0.2) is 24.6 Å². The quantitative estimate of drug-likeness (QED) is 0.683. The number of hydrogen-bond acceptors (Lipinski definition) is 6. The van der Waals surface area contributed by atoms with E-state index in [1.54, 1.807) is 0 Å². The van der Waals surface area contributed by atoms with Gasteiger partial charge < -0.3 is 19.9 Å². The minimum Gasteiger partial charge on any atom is -0.488 e. The maximum absolute atomic E-state index is 13.1. The highest BCUT2D eigenvalue weighted by Gasteiger charge is 2.35. The zero-order chi connectivity index (χ0) is 21.7. The fourth-order valence-corrected chi connectivity index (χ4v) is 2.30. The van der Waals surface area contributed by atoms with Crippen molar-refractivity contribution in [3.63, 3.8) is 0 Å². The molecule has 0 aliphatic rings. The van der Waals surface area contributed by atoms with Crippen LogP contribution in [0.4, 0.5) is 18.9 Å². The Morgan fingerprint density at radius 3 is 2.31 bits per heavy atom. The van der Waals surface area contributed by atoms with E-state index in [0.29, 0.717) is 11.3 Å². The van der Waals surface area contributed by atoms with E-state index in [-0.39, 0.29) is 11.4 Å². The Labute approximate surface area is 165 Å². The number of nitrogens with zero attached hydrogens (tertiary/aromatic N) is 2. The minimum absolute atomic E-state index is 0.0461. The monoisotopic (exact) mass is 403 g/mol. The summed E-state index contributed by atoms with van der Waals surface area (Å²) in [5.74, 6) is -1.73. The van der Waals surface area contributed by atoms with Crippen LogP contribution in [0, 0.1) is 22.7 Å². The van der Waals surface area contributed by atoms with Gasteiger partial charge in [0.15, 0.2) is 0 Å². The summed E-state index contributed by atoms with van der Waals surface area (Å²) < 4.78 is 49.7. The number of halogens is 3. The van der Waals surface area contributed by atoms with Crippen molar-refractivity contribution in [2.45, 2.75) is 12.0 Å². The standard InChI is InChI=1S/C20H16F3N3O3/c1-13(26-16-6-5-15(11-25)18(9-16)20(21,22)23)19(27,28-2)12-29-17-7-3-14(10-24)4-8-17/h3-9,26-27H,1,12H2,2H3/t19-/m1/s1. The molecule has 0 aliphatic heterocycles. The number of rotatable bonds is 7. The Morgan fingerprint density at radius 2 is 1.79 bits per heavy atom. The first-order valence-corrected chi connectivity index (χ1v) is 8.11. The molecule has 6 nitrogen and oxygen atoms in total. The van der Waals surface area contributed by atoms with E-state index in [1.807, 2.05) is 6.07 Å². The summed E-state index contributed by atoms with van der Waals surface area (Å²) in [7, 11) is 1.18. The molecule has 2 N–H and O–H groups in total. The minimum atomic E-state index is -4.72. The molecule has 2 aromatic rings. The van der Waals surface area contributed by atoms with Gasteiger partial charge in [-0.25, -0.2) is 0 Å². The van der Waals surface area contributed by atoms with Crippen LogP contribution in [0.2, 0.25) is 0 Å². The number of benzene rings is 2. The number of aliphatic hydroxyl groups is 1. The summed E-state index contributed by atoms with van der Waals surface area (Å²) in [6.07, 6.45) is -4.72. The van der Waals surface area contributed by atoms with Crippen molar-refractivity contribution in [3.05, 3.63) is 71.4 Å². The van der Waals surface area contributed by atoms with Crippen molar-refractivity contribution >= 4 is 5.69 Å². The highest BCUT2D eigenvalue weighted by Crippen LogP contribution is 2.34. The molecule has 0 amide bonds. The van der Waals surface area contributed by atoms with Gasteiger partial charge in [0, 0.05) is 12.8 Å². The number of anilines is 1. The molecule has 0 heterocycles. The van der Waals surface area contributed by atoms with Gasteiger partial charge in [0.25, 0.3) is 0 Å². The lowest BCUT2D eigenvalue weighted by Crippen LogP contribution is -2.42. The topological polar surface area (TPSA) is 98.3 Å². The number of hydrogen-bond donors (Lipinski definition) is 2. The molecular weight excluding hydrogens is 387 g/mol. The Kier molecular flexibility index (Phi) is 6.49. The molecule has 0 unspecified atom stereocenters. The second-order valence-corrected chi connectivity index (χ2v) is 5.89. The molecule has 0 saturated heterocycles. The number of alkyl halides is 3. The van der Waals surface area contributed by atoms with Crippen LogP contribution in [0.5, 0.6) is 5.75 Å². The van der Waals surface area contributed by atoms with Gasteiger partial charge in [-0.15, -0.1) is 0 Å². The molecule has 0 aromatic heterocycles. The fraction of sp³-hybridized carbons (Fsp3) is 0.200. The van der Waals surface area contributed by atoms with Crippen LogP contribution < -0.4 is 10.1 Å². The Morgan fingerprint density at radius 1 is 1.14 bits per heavy atom. The molecule has 29 heavy (non-hydrogen) atoms. The van der Waals surface area contributed by atoms with Crippen LogP contribution in [-0.2, 0) is 10.9 Å². The smallest absolute Gasteiger partial charge is 0.417 e. The van der Waals surface area contributed by atoms with Crippen LogP contribution >= 0.6 is 0 Å². The summed E-state index contributed by atoms with van der Waals surface area (Å²) in [6, 6.07) is 12.5. The van der Waals surface area contributed by atoms with Gasteiger partial charge in [0.2, 0.25) is 5.79 Å². The number of ether oxygens (including phenoxy) is 2. The van der Waals surface area contributed by atoms with E-state index in [9.17, 15) is 18.3 Å².